The predicted octanol–water partition coefficient (Wildman–Crippen LogP) is 1.51. The zero-order chi connectivity index (χ0) is 7.40. The largest absolute Gasteiger partial charge is 0.450 e. The minimum absolute atomic E-state index is 0.463. The van der Waals surface area contributed by atoms with E-state index < -0.39 is 5.97 Å². The number of hydrogen-bond acceptors (Lipinski definition) is 2. The van der Waals surface area contributed by atoms with Crippen LogP contribution < -0.4 is 0 Å². The zero-order valence-electron chi connectivity index (χ0n) is 5.28. The van der Waals surface area contributed by atoms with E-state index in [4.69, 9.17) is 0 Å². The minimum Gasteiger partial charge on any atom is -0.450 e. The third-order valence-electron chi connectivity index (χ3n) is 1.12. The van der Waals surface area contributed by atoms with Crippen molar-refractivity contribution in [1.29, 1.82) is 0 Å². The maximum Gasteiger partial charge on any atom is 0.338 e. The quantitative estimate of drug-likeness (QED) is 0.544. The van der Waals surface area contributed by atoms with Crippen molar-refractivity contribution in [2.75, 3.05) is 0 Å². The fourth-order valence-corrected chi connectivity index (χ4v) is 0.642. The van der Waals surface area contributed by atoms with Crippen LogP contribution in [0.15, 0.2) is 30.3 Å². The first-order valence-electron chi connectivity index (χ1n) is 2.80. The Balaban J connectivity index is 2.85. The summed E-state index contributed by atoms with van der Waals surface area (Å²) in [4.78, 5) is 10.7. The molecule has 0 aliphatic carbocycles. The first kappa shape index (κ1) is 6.81. The number of carbonyl (C=O) groups excluding carboxylic acids is 1. The lowest BCUT2D eigenvalue weighted by Gasteiger charge is -1.94. The first-order chi connectivity index (χ1) is 4.84. The molecule has 0 aliphatic rings. The average molecular weight is 134 g/mol. The summed E-state index contributed by atoms with van der Waals surface area (Å²) in [6.45, 7) is 0. The molecule has 0 bridgehead atoms. The third-order valence-corrected chi connectivity index (χ3v) is 1.12. The smallest absolute Gasteiger partial charge is 0.338 e. The van der Waals surface area contributed by atoms with Crippen molar-refractivity contribution in [1.82, 2.24) is 0 Å². The van der Waals surface area contributed by atoms with E-state index in [2.05, 4.69) is 11.8 Å². The van der Waals surface area contributed by atoms with Crippen LogP contribution in [0.3, 0.4) is 0 Å². The van der Waals surface area contributed by atoms with Crippen molar-refractivity contribution in [3.8, 4) is 0 Å². The molecule has 0 aliphatic heterocycles. The van der Waals surface area contributed by atoms with Crippen molar-refractivity contribution in [2.45, 2.75) is 0 Å². The second kappa shape index (κ2) is 3.01. The molecule has 1 rings (SSSR count). The van der Waals surface area contributed by atoms with Gasteiger partial charge in [0, 0.05) is 0 Å². The summed E-state index contributed by atoms with van der Waals surface area (Å²) in [5.74, 6) is -0.513. The van der Waals surface area contributed by atoms with E-state index in [1.165, 1.54) is 0 Å². The van der Waals surface area contributed by atoms with Gasteiger partial charge in [-0.1, -0.05) is 18.2 Å². The zero-order valence-corrected chi connectivity index (χ0v) is 5.28. The van der Waals surface area contributed by atoms with Gasteiger partial charge in [0.15, 0.2) is 7.11 Å². The SMILES string of the molecule is [CH]OC(=O)c1ccccc1. The van der Waals surface area contributed by atoms with E-state index in [1.807, 2.05) is 6.07 Å². The molecule has 1 aromatic carbocycles. The van der Waals surface area contributed by atoms with Crippen LogP contribution >= 0.6 is 0 Å². The fourth-order valence-electron chi connectivity index (χ4n) is 0.642. The number of benzene rings is 1. The molecule has 2 nitrogen and oxygen atoms in total. The Kier molecular flexibility index (Phi) is 2.05. The Morgan fingerprint density at radius 3 is 2.40 bits per heavy atom. The molecular formula is C8H6O2. The summed E-state index contributed by atoms with van der Waals surface area (Å²) in [7, 11) is 4.65. The molecule has 0 atom stereocenters. The van der Waals surface area contributed by atoms with Crippen molar-refractivity contribution >= 4 is 5.97 Å². The van der Waals surface area contributed by atoms with Crippen molar-refractivity contribution in [3.05, 3.63) is 43.0 Å². The molecule has 50 valence electrons. The van der Waals surface area contributed by atoms with Gasteiger partial charge in [0.05, 0.1) is 5.56 Å². The van der Waals surface area contributed by atoms with Gasteiger partial charge < -0.3 is 4.74 Å². The molecule has 0 saturated heterocycles. The van der Waals surface area contributed by atoms with Crippen LogP contribution in [0.25, 0.3) is 0 Å². The monoisotopic (exact) mass is 134 g/mol. The first-order valence-corrected chi connectivity index (χ1v) is 2.80. The molecule has 0 heterocycles. The van der Waals surface area contributed by atoms with Gasteiger partial charge in [-0.15, -0.1) is 0 Å². The predicted molar refractivity (Wildman–Crippen MR) is 36.2 cm³/mol. The number of esters is 1. The van der Waals surface area contributed by atoms with Gasteiger partial charge in [0.1, 0.15) is 0 Å². The molecular weight excluding hydrogens is 128 g/mol. The molecule has 10 heavy (non-hydrogen) atoms. The lowest BCUT2D eigenvalue weighted by atomic mass is 10.2. The highest BCUT2D eigenvalue weighted by molar-refractivity contribution is 5.89. The fraction of sp³-hybridized carbons (Fsp3) is 0. The summed E-state index contributed by atoms with van der Waals surface area (Å²) >= 11 is 0. The van der Waals surface area contributed by atoms with E-state index in [-0.39, 0.29) is 0 Å². The molecule has 1 aromatic rings. The highest BCUT2D eigenvalue weighted by Crippen LogP contribution is 1.99. The van der Waals surface area contributed by atoms with E-state index in [0.29, 0.717) is 5.56 Å². The van der Waals surface area contributed by atoms with Crippen LogP contribution in [0.2, 0.25) is 0 Å². The summed E-state index contributed by atoms with van der Waals surface area (Å²) in [6.07, 6.45) is 0. The average Bonchev–Trinajstić information content (AvgIpc) is 2.05. The van der Waals surface area contributed by atoms with Gasteiger partial charge >= 0.3 is 5.97 Å². The number of ether oxygens (including phenoxy) is 1. The molecule has 0 fully saturated rings. The number of rotatable bonds is 1. The molecule has 0 saturated carbocycles. The second-order valence-electron chi connectivity index (χ2n) is 1.77. The lowest BCUT2D eigenvalue weighted by Crippen LogP contribution is -1.98. The maximum atomic E-state index is 10.7. The number of carbonyl (C=O) groups is 1. The Labute approximate surface area is 59.4 Å². The molecule has 2 radical (unpaired) electrons. The van der Waals surface area contributed by atoms with Crippen molar-refractivity contribution < 1.29 is 9.53 Å². The highest BCUT2D eigenvalue weighted by atomic mass is 16.5. The Morgan fingerprint density at radius 1 is 1.30 bits per heavy atom. The summed E-state index contributed by atoms with van der Waals surface area (Å²) < 4.78 is 4.00. The minimum atomic E-state index is -0.513. The van der Waals surface area contributed by atoms with Crippen LogP contribution in [0.5, 0.6) is 0 Å². The van der Waals surface area contributed by atoms with E-state index in [1.54, 1.807) is 24.3 Å². The second-order valence-corrected chi connectivity index (χ2v) is 1.77. The van der Waals surface area contributed by atoms with Crippen LogP contribution in [-0.4, -0.2) is 5.97 Å². The normalized spacial score (nSPS) is 8.90. The molecule has 0 unspecified atom stereocenters. The Bertz CT molecular complexity index is 216. The van der Waals surface area contributed by atoms with Gasteiger partial charge in [0.2, 0.25) is 0 Å². The van der Waals surface area contributed by atoms with Crippen LogP contribution in [0, 0.1) is 7.11 Å². The van der Waals surface area contributed by atoms with E-state index >= 15 is 0 Å². The molecule has 0 N–H and O–H groups in total. The maximum absolute atomic E-state index is 10.7. The molecule has 0 aromatic heterocycles. The van der Waals surface area contributed by atoms with Crippen LogP contribution in [0.1, 0.15) is 10.4 Å². The molecule has 0 amide bonds. The lowest BCUT2D eigenvalue weighted by molar-refractivity contribution is 0.0654. The summed E-state index contributed by atoms with van der Waals surface area (Å²) in [5, 5.41) is 0. The van der Waals surface area contributed by atoms with E-state index in [9.17, 15) is 4.79 Å². The van der Waals surface area contributed by atoms with Crippen molar-refractivity contribution in [2.24, 2.45) is 0 Å². The third kappa shape index (κ3) is 1.35. The Morgan fingerprint density at radius 2 is 1.90 bits per heavy atom. The standard InChI is InChI=1S/C8H6O2/c1-10-8(9)7-5-3-2-4-6-7/h1-6H. The van der Waals surface area contributed by atoms with Crippen LogP contribution in [0.4, 0.5) is 0 Å². The van der Waals surface area contributed by atoms with Crippen LogP contribution in [-0.2, 0) is 4.74 Å². The van der Waals surface area contributed by atoms with Crippen molar-refractivity contribution in [3.63, 3.8) is 0 Å². The molecule has 2 heteroatoms. The van der Waals surface area contributed by atoms with Gasteiger partial charge in [-0.25, -0.2) is 4.79 Å². The number of hydrogen-bond donors (Lipinski definition) is 0. The van der Waals surface area contributed by atoms with E-state index in [0.717, 1.165) is 0 Å². The van der Waals surface area contributed by atoms with Gasteiger partial charge in [-0.05, 0) is 12.1 Å². The summed E-state index contributed by atoms with van der Waals surface area (Å²) in [5.41, 5.74) is 0.463. The van der Waals surface area contributed by atoms with Gasteiger partial charge in [-0.2, -0.15) is 0 Å². The molecule has 0 spiro atoms. The Hall–Kier alpha value is -1.31. The highest BCUT2D eigenvalue weighted by Gasteiger charge is 2.00. The topological polar surface area (TPSA) is 26.3 Å². The van der Waals surface area contributed by atoms with Gasteiger partial charge in [0.25, 0.3) is 0 Å². The summed E-state index contributed by atoms with van der Waals surface area (Å²) in [6, 6.07) is 8.57. The van der Waals surface area contributed by atoms with Gasteiger partial charge in [-0.3, -0.25) is 0 Å².